The van der Waals surface area contributed by atoms with Crippen LogP contribution in [0.5, 0.6) is 0 Å². The topological polar surface area (TPSA) is 64.8 Å². The van der Waals surface area contributed by atoms with Crippen LogP contribution in [0.15, 0.2) is 0 Å². The third-order valence-corrected chi connectivity index (χ3v) is 9.02. The van der Waals surface area contributed by atoms with Gasteiger partial charge in [-0.05, 0) is 45.3 Å². The first-order chi connectivity index (χ1) is 9.73. The van der Waals surface area contributed by atoms with Gasteiger partial charge in [-0.25, -0.2) is 4.79 Å². The molecule has 1 rings (SSSR count). The van der Waals surface area contributed by atoms with E-state index in [0.717, 1.165) is 6.42 Å². The Kier molecular flexibility index (Phi) is 5.74. The Morgan fingerprint density at radius 1 is 1.18 bits per heavy atom. The molecule has 0 aromatic carbocycles. The molecule has 1 aliphatic rings. The van der Waals surface area contributed by atoms with Gasteiger partial charge in [-0.15, -0.1) is 0 Å². The van der Waals surface area contributed by atoms with Gasteiger partial charge in [-0.1, -0.05) is 20.8 Å². The van der Waals surface area contributed by atoms with E-state index in [1.807, 2.05) is 20.8 Å². The summed E-state index contributed by atoms with van der Waals surface area (Å²) in [5.74, 6) is 0. The van der Waals surface area contributed by atoms with Crippen molar-refractivity contribution in [2.75, 3.05) is 13.1 Å². The Bertz CT molecular complexity index is 399. The van der Waals surface area contributed by atoms with E-state index >= 15 is 0 Å². The zero-order valence-electron chi connectivity index (χ0n) is 15.5. The number of hydrogen-bond acceptors (Lipinski definition) is 4. The van der Waals surface area contributed by atoms with E-state index in [2.05, 4.69) is 33.9 Å². The fourth-order valence-corrected chi connectivity index (χ4v) is 3.47. The van der Waals surface area contributed by atoms with Crippen LogP contribution in [0.3, 0.4) is 0 Å². The molecule has 0 aliphatic carbocycles. The van der Waals surface area contributed by atoms with Gasteiger partial charge in [0.2, 0.25) is 0 Å². The number of carbonyl (C=O) groups is 1. The van der Waals surface area contributed by atoms with Gasteiger partial charge in [0.15, 0.2) is 8.32 Å². The van der Waals surface area contributed by atoms with Crippen molar-refractivity contribution < 1.29 is 14.0 Å². The molecule has 1 aliphatic heterocycles. The maximum atomic E-state index is 12.2. The number of ether oxygens (including phenoxy) is 1. The van der Waals surface area contributed by atoms with Crippen LogP contribution in [0.2, 0.25) is 18.1 Å². The van der Waals surface area contributed by atoms with Crippen molar-refractivity contribution in [2.45, 2.75) is 83.8 Å². The summed E-state index contributed by atoms with van der Waals surface area (Å²) in [6.07, 6.45) is 0.365. The highest BCUT2D eigenvalue weighted by Crippen LogP contribution is 2.38. The van der Waals surface area contributed by atoms with E-state index in [0.29, 0.717) is 13.1 Å². The van der Waals surface area contributed by atoms with Crippen LogP contribution in [-0.2, 0) is 9.16 Å². The fourth-order valence-electron chi connectivity index (χ4n) is 2.11. The summed E-state index contributed by atoms with van der Waals surface area (Å²) in [7, 11) is -1.90. The van der Waals surface area contributed by atoms with Crippen molar-refractivity contribution >= 4 is 14.4 Å². The largest absolute Gasteiger partial charge is 0.444 e. The Balaban J connectivity index is 2.74. The van der Waals surface area contributed by atoms with E-state index in [1.54, 1.807) is 4.90 Å². The monoisotopic (exact) mass is 330 g/mol. The molecule has 5 nitrogen and oxygen atoms in total. The lowest BCUT2D eigenvalue weighted by atomic mass is 10.0. The zero-order chi connectivity index (χ0) is 17.3. The lowest BCUT2D eigenvalue weighted by Crippen LogP contribution is -2.58. The smallest absolute Gasteiger partial charge is 0.410 e. The molecule has 2 atom stereocenters. The molecule has 6 heteroatoms. The molecule has 0 saturated carbocycles. The van der Waals surface area contributed by atoms with E-state index in [9.17, 15) is 4.79 Å². The third kappa shape index (κ3) is 5.24. The second-order valence-electron chi connectivity index (χ2n) is 8.80. The number of rotatable bonds is 2. The van der Waals surface area contributed by atoms with Crippen molar-refractivity contribution in [1.82, 2.24) is 4.90 Å². The highest BCUT2D eigenvalue weighted by Gasteiger charge is 2.42. The molecule has 2 N–H and O–H groups in total. The van der Waals surface area contributed by atoms with Crippen LogP contribution in [-0.4, -0.2) is 50.1 Å². The molecular formula is C16H34N2O3Si. The molecule has 0 spiro atoms. The number of nitrogens with zero attached hydrogens (tertiary/aromatic N) is 1. The van der Waals surface area contributed by atoms with E-state index < -0.39 is 13.9 Å². The minimum atomic E-state index is -1.90. The maximum Gasteiger partial charge on any atom is 0.410 e. The van der Waals surface area contributed by atoms with Gasteiger partial charge in [-0.2, -0.15) is 0 Å². The van der Waals surface area contributed by atoms with Gasteiger partial charge >= 0.3 is 6.09 Å². The normalized spacial score (nSPS) is 24.3. The molecule has 1 saturated heterocycles. The summed E-state index contributed by atoms with van der Waals surface area (Å²) in [5, 5.41) is 0.126. The molecule has 1 amide bonds. The molecule has 22 heavy (non-hydrogen) atoms. The SMILES string of the molecule is CC(C)(C)OC(=O)N1CC[C@H](N)[C@H](O[Si](C)(C)C(C)(C)C)C1. The maximum absolute atomic E-state index is 12.2. The number of hydrogen-bond donors (Lipinski definition) is 1. The number of amides is 1. The Morgan fingerprint density at radius 3 is 2.18 bits per heavy atom. The summed E-state index contributed by atoms with van der Waals surface area (Å²) in [6.45, 7) is 17.8. The second-order valence-corrected chi connectivity index (χ2v) is 13.6. The minimum absolute atomic E-state index is 0.0205. The predicted molar refractivity (Wildman–Crippen MR) is 92.5 cm³/mol. The van der Waals surface area contributed by atoms with Crippen molar-refractivity contribution in [3.05, 3.63) is 0 Å². The third-order valence-electron chi connectivity index (χ3n) is 4.51. The summed E-state index contributed by atoms with van der Waals surface area (Å²) in [5.41, 5.74) is 5.76. The second kappa shape index (κ2) is 6.49. The molecule has 0 aromatic rings. The molecule has 1 fully saturated rings. The molecule has 0 aromatic heterocycles. The van der Waals surface area contributed by atoms with E-state index in [4.69, 9.17) is 14.9 Å². The summed E-state index contributed by atoms with van der Waals surface area (Å²) < 4.78 is 11.9. The first-order valence-electron chi connectivity index (χ1n) is 8.14. The zero-order valence-corrected chi connectivity index (χ0v) is 16.5. The number of piperidine rings is 1. The highest BCUT2D eigenvalue weighted by atomic mass is 28.4. The average molecular weight is 331 g/mol. The highest BCUT2D eigenvalue weighted by molar-refractivity contribution is 6.74. The number of nitrogens with two attached hydrogens (primary N) is 1. The molecule has 0 unspecified atom stereocenters. The van der Waals surface area contributed by atoms with Crippen molar-refractivity contribution in [3.8, 4) is 0 Å². The summed E-state index contributed by atoms with van der Waals surface area (Å²) in [6, 6.07) is -0.0205. The van der Waals surface area contributed by atoms with Gasteiger partial charge in [0, 0.05) is 12.6 Å². The molecule has 0 radical (unpaired) electrons. The van der Waals surface area contributed by atoms with E-state index in [-0.39, 0.29) is 23.3 Å². The minimum Gasteiger partial charge on any atom is -0.444 e. The standard InChI is InChI=1S/C16H34N2O3Si/c1-15(2,3)20-14(19)18-10-9-12(17)13(11-18)21-22(7,8)16(4,5)6/h12-13H,9-11,17H2,1-8H3/t12-,13+/m0/s1. The first-order valence-corrected chi connectivity index (χ1v) is 11.0. The van der Waals surface area contributed by atoms with E-state index in [1.165, 1.54) is 0 Å². The lowest BCUT2D eigenvalue weighted by Gasteiger charge is -2.44. The molecule has 1 heterocycles. The average Bonchev–Trinajstić information content (AvgIpc) is 2.27. The Labute approximate surface area is 136 Å². The van der Waals surface area contributed by atoms with Crippen LogP contribution in [0, 0.1) is 0 Å². The van der Waals surface area contributed by atoms with Gasteiger partial charge in [0.25, 0.3) is 0 Å². The van der Waals surface area contributed by atoms with Gasteiger partial charge in [0.05, 0.1) is 12.6 Å². The summed E-state index contributed by atoms with van der Waals surface area (Å²) >= 11 is 0. The fraction of sp³-hybridized carbons (Fsp3) is 0.938. The molecule has 130 valence electrons. The molecular weight excluding hydrogens is 296 g/mol. The lowest BCUT2D eigenvalue weighted by molar-refractivity contribution is 0.00186. The van der Waals surface area contributed by atoms with Gasteiger partial charge < -0.3 is 19.8 Å². The molecule has 0 bridgehead atoms. The quantitative estimate of drug-likeness (QED) is 0.789. The van der Waals surface area contributed by atoms with Crippen LogP contribution >= 0.6 is 0 Å². The van der Waals surface area contributed by atoms with Gasteiger partial charge in [0.1, 0.15) is 5.60 Å². The number of carbonyl (C=O) groups excluding carboxylic acids is 1. The van der Waals surface area contributed by atoms with Crippen LogP contribution in [0.1, 0.15) is 48.0 Å². The predicted octanol–water partition coefficient (Wildman–Crippen LogP) is 3.34. The van der Waals surface area contributed by atoms with Crippen molar-refractivity contribution in [2.24, 2.45) is 5.73 Å². The van der Waals surface area contributed by atoms with Gasteiger partial charge in [-0.3, -0.25) is 0 Å². The van der Waals surface area contributed by atoms with Crippen LogP contribution < -0.4 is 5.73 Å². The summed E-state index contributed by atoms with van der Waals surface area (Å²) in [4.78, 5) is 14.0. The van der Waals surface area contributed by atoms with Crippen LogP contribution in [0.4, 0.5) is 4.79 Å². The Morgan fingerprint density at radius 2 is 1.73 bits per heavy atom. The van der Waals surface area contributed by atoms with Crippen molar-refractivity contribution in [1.29, 1.82) is 0 Å². The Hall–Kier alpha value is -0.593. The first kappa shape index (κ1) is 19.5. The number of likely N-dealkylation sites (tertiary alicyclic amines) is 1. The van der Waals surface area contributed by atoms with Crippen LogP contribution in [0.25, 0.3) is 0 Å². The van der Waals surface area contributed by atoms with Crippen molar-refractivity contribution in [3.63, 3.8) is 0 Å².